The van der Waals surface area contributed by atoms with Gasteiger partial charge in [-0.15, -0.1) is 11.3 Å². The first-order valence-corrected chi connectivity index (χ1v) is 10.6. The molecule has 2 N–H and O–H groups in total. The Balaban J connectivity index is 1.67. The second-order valence-electron chi connectivity index (χ2n) is 7.75. The summed E-state index contributed by atoms with van der Waals surface area (Å²) >= 11 is 1.14. The first kappa shape index (κ1) is 24.2. The van der Waals surface area contributed by atoms with E-state index < -0.39 is 29.2 Å². The average molecular weight is 478 g/mol. The number of aliphatic carboxylic acids is 1. The predicted octanol–water partition coefficient (Wildman–Crippen LogP) is 5.31. The summed E-state index contributed by atoms with van der Waals surface area (Å²) in [5.41, 5.74) is -0.977. The lowest BCUT2D eigenvalue weighted by Crippen LogP contribution is -2.37. The molecule has 1 aromatic heterocycles. The van der Waals surface area contributed by atoms with Crippen LogP contribution < -0.4 is 10.1 Å². The molecule has 3 aromatic rings. The number of rotatable bonds is 7. The van der Waals surface area contributed by atoms with Crippen molar-refractivity contribution < 1.29 is 32.6 Å². The van der Waals surface area contributed by atoms with Crippen LogP contribution in [-0.4, -0.2) is 27.6 Å². The fourth-order valence-corrected chi connectivity index (χ4v) is 3.75. The Morgan fingerprint density at radius 1 is 1.12 bits per heavy atom. The van der Waals surface area contributed by atoms with E-state index in [-0.39, 0.29) is 17.8 Å². The maximum Gasteiger partial charge on any atom is 0.416 e. The van der Waals surface area contributed by atoms with E-state index in [4.69, 9.17) is 9.84 Å². The molecule has 3 rings (SSSR count). The number of halogens is 3. The fraction of sp³-hybridized carbons (Fsp3) is 0.261. The highest BCUT2D eigenvalue weighted by Crippen LogP contribution is 2.34. The minimum Gasteiger partial charge on any atom is -0.478 e. The van der Waals surface area contributed by atoms with Gasteiger partial charge in [0.25, 0.3) is 5.91 Å². The number of nitrogens with one attached hydrogen (secondary N) is 1. The largest absolute Gasteiger partial charge is 0.478 e. The minimum atomic E-state index is -4.47. The molecule has 0 radical (unpaired) electrons. The second-order valence-corrected chi connectivity index (χ2v) is 8.95. The third kappa shape index (κ3) is 5.89. The van der Waals surface area contributed by atoms with Gasteiger partial charge in [-0.1, -0.05) is 24.3 Å². The first-order valence-electron chi connectivity index (χ1n) is 9.81. The van der Waals surface area contributed by atoms with Crippen molar-refractivity contribution in [2.45, 2.75) is 39.1 Å². The number of hydrogen-bond donors (Lipinski definition) is 2. The van der Waals surface area contributed by atoms with Gasteiger partial charge < -0.3 is 15.2 Å². The molecule has 0 atom stereocenters. The molecule has 0 unspecified atom stereocenters. The predicted molar refractivity (Wildman–Crippen MR) is 117 cm³/mol. The molecule has 10 heteroatoms. The van der Waals surface area contributed by atoms with E-state index in [2.05, 4.69) is 10.3 Å². The Labute approximate surface area is 192 Å². The van der Waals surface area contributed by atoms with Crippen molar-refractivity contribution in [1.82, 2.24) is 10.3 Å². The van der Waals surface area contributed by atoms with Crippen LogP contribution in [0.15, 0.2) is 48.5 Å². The fourth-order valence-electron chi connectivity index (χ4n) is 2.84. The smallest absolute Gasteiger partial charge is 0.416 e. The molecule has 0 saturated heterocycles. The number of carboxylic acids is 1. The third-order valence-electron chi connectivity index (χ3n) is 4.71. The molecule has 0 bridgehead atoms. The molecule has 0 fully saturated rings. The van der Waals surface area contributed by atoms with Crippen molar-refractivity contribution in [3.8, 4) is 16.3 Å². The van der Waals surface area contributed by atoms with E-state index in [1.807, 2.05) is 0 Å². The van der Waals surface area contributed by atoms with Gasteiger partial charge in [0.1, 0.15) is 16.5 Å². The van der Waals surface area contributed by atoms with Gasteiger partial charge in [-0.3, -0.25) is 4.79 Å². The quantitative estimate of drug-likeness (QED) is 0.481. The maximum atomic E-state index is 13.0. The van der Waals surface area contributed by atoms with Crippen LogP contribution in [0.4, 0.5) is 13.2 Å². The monoisotopic (exact) mass is 478 g/mol. The summed E-state index contributed by atoms with van der Waals surface area (Å²) in [5.74, 6) is -1.17. The number of hydrogen-bond acceptors (Lipinski definition) is 5. The Morgan fingerprint density at radius 2 is 1.79 bits per heavy atom. The zero-order valence-corrected chi connectivity index (χ0v) is 18.8. The van der Waals surface area contributed by atoms with Crippen LogP contribution >= 0.6 is 11.3 Å². The van der Waals surface area contributed by atoms with Gasteiger partial charge in [0, 0.05) is 17.0 Å². The van der Waals surface area contributed by atoms with Crippen LogP contribution in [0.3, 0.4) is 0 Å². The number of amides is 1. The molecule has 0 aliphatic carbocycles. The van der Waals surface area contributed by atoms with Gasteiger partial charge in [0.15, 0.2) is 5.60 Å². The van der Waals surface area contributed by atoms with Crippen LogP contribution in [0.25, 0.3) is 10.6 Å². The molecule has 1 heterocycles. The molecule has 174 valence electrons. The Hall–Kier alpha value is -3.40. The van der Waals surface area contributed by atoms with Crippen molar-refractivity contribution in [2.75, 3.05) is 0 Å². The maximum absolute atomic E-state index is 13.0. The van der Waals surface area contributed by atoms with Crippen LogP contribution in [0.5, 0.6) is 5.75 Å². The summed E-state index contributed by atoms with van der Waals surface area (Å²) in [5, 5.41) is 12.2. The van der Waals surface area contributed by atoms with E-state index in [9.17, 15) is 22.8 Å². The van der Waals surface area contributed by atoms with Crippen LogP contribution in [0.1, 0.15) is 40.3 Å². The SMILES string of the molecule is Cc1sc(-c2cccc(C(F)(F)F)c2)nc1C(=O)NCc1ccc(OC(C)(C)C(=O)O)cc1. The third-order valence-corrected chi connectivity index (χ3v) is 5.73. The average Bonchev–Trinajstić information content (AvgIpc) is 3.14. The summed E-state index contributed by atoms with van der Waals surface area (Å²) in [6.45, 7) is 4.73. The summed E-state index contributed by atoms with van der Waals surface area (Å²) in [4.78, 5) is 28.6. The second kappa shape index (κ2) is 9.22. The first-order chi connectivity index (χ1) is 15.4. The molecule has 0 aliphatic rings. The Bertz CT molecular complexity index is 1170. The summed E-state index contributed by atoms with van der Waals surface area (Å²) < 4.78 is 44.4. The van der Waals surface area contributed by atoms with E-state index in [0.717, 1.165) is 29.0 Å². The highest BCUT2D eigenvalue weighted by atomic mass is 32.1. The molecule has 0 aliphatic heterocycles. The van der Waals surface area contributed by atoms with Gasteiger partial charge in [-0.05, 0) is 50.6 Å². The number of aromatic nitrogens is 1. The lowest BCUT2D eigenvalue weighted by atomic mass is 10.1. The lowest BCUT2D eigenvalue weighted by molar-refractivity contribution is -0.152. The lowest BCUT2D eigenvalue weighted by Gasteiger charge is -2.21. The molecule has 33 heavy (non-hydrogen) atoms. The van der Waals surface area contributed by atoms with Crippen molar-refractivity contribution in [3.63, 3.8) is 0 Å². The van der Waals surface area contributed by atoms with Crippen molar-refractivity contribution >= 4 is 23.2 Å². The number of benzene rings is 2. The van der Waals surface area contributed by atoms with Gasteiger partial charge in [0.2, 0.25) is 0 Å². The highest BCUT2D eigenvalue weighted by molar-refractivity contribution is 7.15. The number of nitrogens with zero attached hydrogens (tertiary/aromatic N) is 1. The Kier molecular flexibility index (Phi) is 6.78. The zero-order chi connectivity index (χ0) is 24.4. The van der Waals surface area contributed by atoms with E-state index in [1.54, 1.807) is 31.2 Å². The van der Waals surface area contributed by atoms with E-state index >= 15 is 0 Å². The van der Waals surface area contributed by atoms with Crippen molar-refractivity contribution in [3.05, 3.63) is 70.2 Å². The number of alkyl halides is 3. The van der Waals surface area contributed by atoms with Crippen molar-refractivity contribution in [1.29, 1.82) is 0 Å². The molecule has 0 saturated carbocycles. The summed E-state index contributed by atoms with van der Waals surface area (Å²) in [7, 11) is 0. The number of ether oxygens (including phenoxy) is 1. The van der Waals surface area contributed by atoms with Gasteiger partial charge >= 0.3 is 12.1 Å². The summed E-state index contributed by atoms with van der Waals surface area (Å²) in [6.07, 6.45) is -4.47. The minimum absolute atomic E-state index is 0.149. The van der Waals surface area contributed by atoms with Crippen molar-refractivity contribution in [2.24, 2.45) is 0 Å². The standard InChI is InChI=1S/C23H21F3N2O4S/c1-13-18(28-20(33-13)15-5-4-6-16(11-15)23(24,25)26)19(29)27-12-14-7-9-17(10-8-14)32-22(2,3)21(30)31/h4-11H,12H2,1-3H3,(H,27,29)(H,30,31). The topological polar surface area (TPSA) is 88.5 Å². The molecule has 1 amide bonds. The van der Waals surface area contributed by atoms with Crippen LogP contribution in [0, 0.1) is 6.92 Å². The Morgan fingerprint density at radius 3 is 2.39 bits per heavy atom. The normalized spacial score (nSPS) is 11.8. The van der Waals surface area contributed by atoms with E-state index in [0.29, 0.717) is 15.6 Å². The zero-order valence-electron chi connectivity index (χ0n) is 18.0. The number of carboxylic acid groups (broad SMARTS) is 1. The van der Waals surface area contributed by atoms with Crippen LogP contribution in [-0.2, 0) is 17.5 Å². The molecular formula is C23H21F3N2O4S. The number of thiazole rings is 1. The number of carbonyl (C=O) groups excluding carboxylic acids is 1. The number of aryl methyl sites for hydroxylation is 1. The number of carbonyl (C=O) groups is 2. The van der Waals surface area contributed by atoms with Gasteiger partial charge in [-0.2, -0.15) is 13.2 Å². The molecule has 2 aromatic carbocycles. The molecule has 0 spiro atoms. The van der Waals surface area contributed by atoms with E-state index in [1.165, 1.54) is 26.0 Å². The van der Waals surface area contributed by atoms with Gasteiger partial charge in [-0.25, -0.2) is 9.78 Å². The highest BCUT2D eigenvalue weighted by Gasteiger charge is 2.31. The van der Waals surface area contributed by atoms with Gasteiger partial charge in [0.05, 0.1) is 5.56 Å². The summed E-state index contributed by atoms with van der Waals surface area (Å²) in [6, 6.07) is 11.4. The molecular weight excluding hydrogens is 457 g/mol. The molecule has 6 nitrogen and oxygen atoms in total. The van der Waals surface area contributed by atoms with Crippen LogP contribution in [0.2, 0.25) is 0 Å².